The van der Waals surface area contributed by atoms with Crippen LogP contribution in [0.1, 0.15) is 45.8 Å². The lowest BCUT2D eigenvalue weighted by Crippen LogP contribution is -2.34. The number of rotatable bonds is 12. The first-order valence-electron chi connectivity index (χ1n) is 13.8. The van der Waals surface area contributed by atoms with Gasteiger partial charge < -0.3 is 14.6 Å². The molecule has 202 valence electrons. The van der Waals surface area contributed by atoms with Crippen LogP contribution < -0.4 is 0 Å². The summed E-state index contributed by atoms with van der Waals surface area (Å²) in [6.07, 6.45) is 4.26. The van der Waals surface area contributed by atoms with Crippen LogP contribution in [-0.4, -0.2) is 39.5 Å². The van der Waals surface area contributed by atoms with E-state index >= 15 is 0 Å². The third-order valence-corrected chi connectivity index (χ3v) is 7.48. The van der Waals surface area contributed by atoms with Gasteiger partial charge in [-0.15, -0.1) is 0 Å². The highest BCUT2D eigenvalue weighted by molar-refractivity contribution is 5.94. The summed E-state index contributed by atoms with van der Waals surface area (Å²) in [5, 5.41) is 10.3. The average molecular weight is 531 g/mol. The lowest BCUT2D eigenvalue weighted by molar-refractivity contribution is -0.137. The second-order valence-electron chi connectivity index (χ2n) is 10.1. The highest BCUT2D eigenvalue weighted by Crippen LogP contribution is 2.29. The fourth-order valence-electron chi connectivity index (χ4n) is 5.51. The Kier molecular flexibility index (Phi) is 8.72. The van der Waals surface area contributed by atoms with E-state index in [-0.39, 0.29) is 18.4 Å². The quantitative estimate of drug-likeness (QED) is 0.188. The molecule has 40 heavy (non-hydrogen) atoms. The molecule has 0 aliphatic heterocycles. The standard InChI is InChI=1S/C35H34N2O3/c38-34(39)26-37-25-22-32-29(18-10-20-33(32)37)19-11-23-36(35(40)30-16-8-3-9-17-30)24-21-31(27-12-4-1-5-13-27)28-14-6-2-7-15-28/h1-10,12-18,20,22,25,31H,11,19,21,23-24,26H2,(H,38,39). The maximum atomic E-state index is 13.7. The number of aryl methyl sites for hydroxylation is 1. The summed E-state index contributed by atoms with van der Waals surface area (Å²) in [5.41, 5.74) is 5.29. The normalized spacial score (nSPS) is 11.1. The SMILES string of the molecule is O=C(O)Cn1ccc2c(CCCN(CCC(c3ccccc3)c3ccccc3)C(=O)c3ccccc3)cccc21. The van der Waals surface area contributed by atoms with Gasteiger partial charge in [-0.3, -0.25) is 9.59 Å². The van der Waals surface area contributed by atoms with Crippen LogP contribution in [0.25, 0.3) is 10.9 Å². The van der Waals surface area contributed by atoms with Gasteiger partial charge in [0.2, 0.25) is 0 Å². The van der Waals surface area contributed by atoms with Crippen LogP contribution >= 0.6 is 0 Å². The summed E-state index contributed by atoms with van der Waals surface area (Å²) in [4.78, 5) is 26.9. The molecule has 5 rings (SSSR count). The van der Waals surface area contributed by atoms with Crippen molar-refractivity contribution in [1.82, 2.24) is 9.47 Å². The third-order valence-electron chi connectivity index (χ3n) is 7.48. The Bertz CT molecular complexity index is 1510. The summed E-state index contributed by atoms with van der Waals surface area (Å²) in [6.45, 7) is 1.22. The van der Waals surface area contributed by atoms with Crippen LogP contribution in [-0.2, 0) is 17.8 Å². The minimum atomic E-state index is -0.859. The molecule has 5 heteroatoms. The molecule has 1 amide bonds. The van der Waals surface area contributed by atoms with Crippen molar-refractivity contribution < 1.29 is 14.7 Å². The molecule has 0 bridgehead atoms. The van der Waals surface area contributed by atoms with Crippen molar-refractivity contribution in [2.75, 3.05) is 13.1 Å². The largest absolute Gasteiger partial charge is 0.480 e. The van der Waals surface area contributed by atoms with E-state index in [0.717, 1.165) is 30.2 Å². The molecule has 0 saturated carbocycles. The number of hydrogen-bond donors (Lipinski definition) is 1. The number of carboxylic acids is 1. The van der Waals surface area contributed by atoms with Crippen molar-refractivity contribution in [2.45, 2.75) is 31.7 Å². The molecule has 0 radical (unpaired) electrons. The Balaban J connectivity index is 1.34. The molecule has 5 aromatic rings. The van der Waals surface area contributed by atoms with Crippen LogP contribution in [0.4, 0.5) is 0 Å². The number of carbonyl (C=O) groups is 2. The number of nitrogens with zero attached hydrogens (tertiary/aromatic N) is 2. The Morgan fingerprint density at radius 2 is 1.35 bits per heavy atom. The van der Waals surface area contributed by atoms with Crippen LogP contribution in [0.5, 0.6) is 0 Å². The lowest BCUT2D eigenvalue weighted by Gasteiger charge is -2.26. The predicted octanol–water partition coefficient (Wildman–Crippen LogP) is 7.02. The van der Waals surface area contributed by atoms with Crippen LogP contribution in [0.2, 0.25) is 0 Å². The molecular formula is C35H34N2O3. The van der Waals surface area contributed by atoms with Crippen LogP contribution in [0.15, 0.2) is 121 Å². The number of hydrogen-bond acceptors (Lipinski definition) is 2. The van der Waals surface area contributed by atoms with Crippen molar-refractivity contribution in [2.24, 2.45) is 0 Å². The molecule has 1 N–H and O–H groups in total. The molecule has 5 nitrogen and oxygen atoms in total. The summed E-state index contributed by atoms with van der Waals surface area (Å²) < 4.78 is 1.76. The van der Waals surface area contributed by atoms with E-state index in [2.05, 4.69) is 54.6 Å². The predicted molar refractivity (Wildman–Crippen MR) is 160 cm³/mol. The minimum Gasteiger partial charge on any atom is -0.480 e. The van der Waals surface area contributed by atoms with Gasteiger partial charge >= 0.3 is 5.97 Å². The van der Waals surface area contributed by atoms with E-state index in [9.17, 15) is 14.7 Å². The molecule has 0 spiro atoms. The van der Waals surface area contributed by atoms with Gasteiger partial charge in [-0.1, -0.05) is 91.0 Å². The van der Waals surface area contributed by atoms with E-state index in [1.165, 1.54) is 16.7 Å². The van der Waals surface area contributed by atoms with Gasteiger partial charge in [-0.2, -0.15) is 0 Å². The molecular weight excluding hydrogens is 496 g/mol. The van der Waals surface area contributed by atoms with Crippen LogP contribution in [0.3, 0.4) is 0 Å². The van der Waals surface area contributed by atoms with Crippen LogP contribution in [0, 0.1) is 0 Å². The monoisotopic (exact) mass is 530 g/mol. The summed E-state index contributed by atoms with van der Waals surface area (Å²) in [5.74, 6) is -0.621. The van der Waals surface area contributed by atoms with Crippen molar-refractivity contribution in [3.8, 4) is 0 Å². The van der Waals surface area contributed by atoms with Gasteiger partial charge in [-0.05, 0) is 60.2 Å². The van der Waals surface area contributed by atoms with Crippen molar-refractivity contribution in [3.63, 3.8) is 0 Å². The fourth-order valence-corrected chi connectivity index (χ4v) is 5.51. The molecule has 0 aliphatic rings. The Morgan fingerprint density at radius 1 is 0.725 bits per heavy atom. The molecule has 1 heterocycles. The second kappa shape index (κ2) is 12.9. The first kappa shape index (κ1) is 26.9. The van der Waals surface area contributed by atoms with E-state index in [0.29, 0.717) is 18.7 Å². The average Bonchev–Trinajstić information content (AvgIpc) is 3.40. The number of aromatic nitrogens is 1. The van der Waals surface area contributed by atoms with E-state index in [1.54, 1.807) is 4.57 Å². The van der Waals surface area contributed by atoms with Crippen molar-refractivity contribution >= 4 is 22.8 Å². The molecule has 4 aromatic carbocycles. The van der Waals surface area contributed by atoms with E-state index in [1.807, 2.05) is 71.8 Å². The van der Waals surface area contributed by atoms with Crippen molar-refractivity contribution in [3.05, 3.63) is 144 Å². The molecule has 0 fully saturated rings. The number of fused-ring (bicyclic) bond motifs is 1. The maximum Gasteiger partial charge on any atom is 0.323 e. The molecule has 0 unspecified atom stereocenters. The third kappa shape index (κ3) is 6.49. The second-order valence-corrected chi connectivity index (χ2v) is 10.1. The van der Waals surface area contributed by atoms with E-state index in [4.69, 9.17) is 0 Å². The Hall–Kier alpha value is -4.64. The van der Waals surface area contributed by atoms with Gasteiger partial charge in [0.05, 0.1) is 0 Å². The zero-order chi connectivity index (χ0) is 27.7. The highest BCUT2D eigenvalue weighted by atomic mass is 16.4. The minimum absolute atomic E-state index is 0.0475. The number of carboxylic acid groups (broad SMARTS) is 1. The molecule has 0 saturated heterocycles. The van der Waals surface area contributed by atoms with Crippen molar-refractivity contribution in [1.29, 1.82) is 0 Å². The number of amides is 1. The van der Waals surface area contributed by atoms with Gasteiger partial charge in [-0.25, -0.2) is 0 Å². The smallest absolute Gasteiger partial charge is 0.323 e. The number of carbonyl (C=O) groups excluding carboxylic acids is 1. The van der Waals surface area contributed by atoms with Gasteiger partial charge in [0.25, 0.3) is 5.91 Å². The lowest BCUT2D eigenvalue weighted by atomic mass is 9.88. The molecule has 1 aromatic heterocycles. The topological polar surface area (TPSA) is 62.5 Å². The zero-order valence-corrected chi connectivity index (χ0v) is 22.5. The van der Waals surface area contributed by atoms with E-state index < -0.39 is 5.97 Å². The first-order valence-corrected chi connectivity index (χ1v) is 13.8. The fraction of sp³-hybridized carbons (Fsp3) is 0.200. The molecule has 0 aliphatic carbocycles. The number of aliphatic carboxylic acids is 1. The maximum absolute atomic E-state index is 13.7. The van der Waals surface area contributed by atoms with Gasteiger partial charge in [0.15, 0.2) is 0 Å². The summed E-state index contributed by atoms with van der Waals surface area (Å²) in [6, 6.07) is 38.5. The zero-order valence-electron chi connectivity index (χ0n) is 22.5. The Labute approximate surface area is 235 Å². The van der Waals surface area contributed by atoms with Gasteiger partial charge in [0, 0.05) is 41.7 Å². The Morgan fingerprint density at radius 3 is 1.98 bits per heavy atom. The highest BCUT2D eigenvalue weighted by Gasteiger charge is 2.20. The van der Waals surface area contributed by atoms with Gasteiger partial charge in [0.1, 0.15) is 6.54 Å². The molecule has 0 atom stereocenters. The first-order chi connectivity index (χ1) is 19.6. The number of benzene rings is 4. The summed E-state index contributed by atoms with van der Waals surface area (Å²) >= 11 is 0. The summed E-state index contributed by atoms with van der Waals surface area (Å²) in [7, 11) is 0.